The Balaban J connectivity index is 2.27. The van der Waals surface area contributed by atoms with E-state index in [1.54, 1.807) is 0 Å². The molecule has 2 rings (SSSR count). The Morgan fingerprint density at radius 1 is 1.28 bits per heavy atom. The minimum Gasteiger partial charge on any atom is -0.356 e. The Bertz CT molecular complexity index is 424. The molecule has 0 N–H and O–H groups in total. The molecular weight excluding hydrogens is 222 g/mol. The van der Waals surface area contributed by atoms with Crippen LogP contribution in [0.2, 0.25) is 0 Å². The number of piperidine rings is 1. The largest absolute Gasteiger partial charge is 0.356 e. The Labute approximate surface area is 111 Å². The highest BCUT2D eigenvalue weighted by molar-refractivity contribution is 5.41. The summed E-state index contributed by atoms with van der Waals surface area (Å²) in [7, 11) is 0. The first kappa shape index (κ1) is 13.3. The topological polar surface area (TPSA) is 29.0 Å². The third-order valence-electron chi connectivity index (χ3n) is 3.60. The van der Waals surface area contributed by atoms with Gasteiger partial charge in [-0.1, -0.05) is 27.7 Å². The lowest BCUT2D eigenvalue weighted by atomic mass is 9.84. The Hall–Kier alpha value is -1.12. The van der Waals surface area contributed by atoms with Crippen LogP contribution in [0.3, 0.4) is 0 Å². The molecule has 0 aliphatic carbocycles. The lowest BCUT2D eigenvalue weighted by molar-refractivity contribution is 0.292. The van der Waals surface area contributed by atoms with Crippen LogP contribution in [0.15, 0.2) is 6.07 Å². The van der Waals surface area contributed by atoms with Crippen LogP contribution < -0.4 is 4.90 Å². The zero-order valence-corrected chi connectivity index (χ0v) is 12.3. The summed E-state index contributed by atoms with van der Waals surface area (Å²) in [6, 6.07) is 2.12. The second kappa shape index (κ2) is 4.87. The van der Waals surface area contributed by atoms with Crippen molar-refractivity contribution in [1.29, 1.82) is 0 Å². The molecule has 1 aromatic heterocycles. The number of rotatable bonds is 2. The van der Waals surface area contributed by atoms with Gasteiger partial charge in [-0.15, -0.1) is 0 Å². The van der Waals surface area contributed by atoms with E-state index in [1.165, 1.54) is 12.8 Å². The molecule has 1 aliphatic heterocycles. The normalized spacial score (nSPS) is 19.3. The number of nitrogens with zero attached hydrogens (tertiary/aromatic N) is 3. The third kappa shape index (κ3) is 3.01. The van der Waals surface area contributed by atoms with Gasteiger partial charge in [0.15, 0.2) is 0 Å². The molecule has 2 heterocycles. The van der Waals surface area contributed by atoms with Gasteiger partial charge >= 0.3 is 0 Å². The van der Waals surface area contributed by atoms with Crippen molar-refractivity contribution >= 4 is 5.82 Å². The van der Waals surface area contributed by atoms with E-state index in [4.69, 9.17) is 4.98 Å². The minimum absolute atomic E-state index is 0.390. The molecule has 1 aromatic rings. The fraction of sp³-hybridized carbons (Fsp3) is 0.733. The molecule has 3 nitrogen and oxygen atoms in total. The standard InChI is InChI=1S/C15H25N3/c1-11(2)14-16-12(3)9-13(17-14)18-8-6-7-15(4,5)10-18/h9,11H,6-8,10H2,1-5H3. The van der Waals surface area contributed by atoms with Crippen LogP contribution in [0.25, 0.3) is 0 Å². The van der Waals surface area contributed by atoms with Crippen LogP contribution in [0, 0.1) is 12.3 Å². The number of hydrogen-bond donors (Lipinski definition) is 0. The minimum atomic E-state index is 0.390. The van der Waals surface area contributed by atoms with Gasteiger partial charge in [0.05, 0.1) is 0 Å². The molecule has 0 unspecified atom stereocenters. The van der Waals surface area contributed by atoms with Gasteiger partial charge in [0.2, 0.25) is 0 Å². The fourth-order valence-electron chi connectivity index (χ4n) is 2.61. The highest BCUT2D eigenvalue weighted by atomic mass is 15.2. The number of anilines is 1. The van der Waals surface area contributed by atoms with Gasteiger partial charge in [0.1, 0.15) is 11.6 Å². The zero-order chi connectivity index (χ0) is 13.3. The molecule has 0 saturated carbocycles. The van der Waals surface area contributed by atoms with Crippen molar-refractivity contribution in [2.24, 2.45) is 5.41 Å². The predicted molar refractivity (Wildman–Crippen MR) is 76.1 cm³/mol. The summed E-state index contributed by atoms with van der Waals surface area (Å²) in [5, 5.41) is 0. The maximum Gasteiger partial charge on any atom is 0.133 e. The molecule has 18 heavy (non-hydrogen) atoms. The Kier molecular flexibility index (Phi) is 3.60. The summed E-state index contributed by atoms with van der Waals surface area (Å²) in [5.74, 6) is 2.47. The zero-order valence-electron chi connectivity index (χ0n) is 12.3. The highest BCUT2D eigenvalue weighted by Crippen LogP contribution is 2.31. The number of aryl methyl sites for hydroxylation is 1. The van der Waals surface area contributed by atoms with Gasteiger partial charge in [-0.2, -0.15) is 0 Å². The van der Waals surface area contributed by atoms with Gasteiger partial charge in [-0.05, 0) is 25.2 Å². The van der Waals surface area contributed by atoms with Crippen LogP contribution in [0.4, 0.5) is 5.82 Å². The van der Waals surface area contributed by atoms with Crippen molar-refractivity contribution in [3.05, 3.63) is 17.6 Å². The molecule has 1 aliphatic rings. The van der Waals surface area contributed by atoms with Crippen LogP contribution in [-0.2, 0) is 0 Å². The average Bonchev–Trinajstić information content (AvgIpc) is 2.26. The Morgan fingerprint density at radius 2 is 2.00 bits per heavy atom. The lowest BCUT2D eigenvalue weighted by Gasteiger charge is -2.39. The van der Waals surface area contributed by atoms with Gasteiger partial charge < -0.3 is 4.90 Å². The maximum absolute atomic E-state index is 4.74. The van der Waals surface area contributed by atoms with Crippen molar-refractivity contribution < 1.29 is 0 Å². The van der Waals surface area contributed by atoms with Gasteiger partial charge in [-0.25, -0.2) is 9.97 Å². The van der Waals surface area contributed by atoms with E-state index >= 15 is 0 Å². The lowest BCUT2D eigenvalue weighted by Crippen LogP contribution is -2.40. The SMILES string of the molecule is Cc1cc(N2CCCC(C)(C)C2)nc(C(C)C)n1. The molecule has 0 amide bonds. The van der Waals surface area contributed by atoms with Gasteiger partial charge in [-0.3, -0.25) is 0 Å². The van der Waals surface area contributed by atoms with Crippen molar-refractivity contribution in [3.8, 4) is 0 Å². The molecule has 0 atom stereocenters. The molecule has 1 saturated heterocycles. The van der Waals surface area contributed by atoms with E-state index < -0.39 is 0 Å². The smallest absolute Gasteiger partial charge is 0.133 e. The van der Waals surface area contributed by atoms with Crippen molar-refractivity contribution in [3.63, 3.8) is 0 Å². The summed E-state index contributed by atoms with van der Waals surface area (Å²) < 4.78 is 0. The molecule has 3 heteroatoms. The van der Waals surface area contributed by atoms with Gasteiger partial charge in [0.25, 0.3) is 0 Å². The van der Waals surface area contributed by atoms with Crippen molar-refractivity contribution in [2.75, 3.05) is 18.0 Å². The van der Waals surface area contributed by atoms with E-state index in [1.807, 2.05) is 0 Å². The highest BCUT2D eigenvalue weighted by Gasteiger charge is 2.27. The van der Waals surface area contributed by atoms with E-state index in [-0.39, 0.29) is 0 Å². The molecule has 1 fully saturated rings. The molecule has 0 spiro atoms. The number of hydrogen-bond acceptors (Lipinski definition) is 3. The van der Waals surface area contributed by atoms with E-state index in [2.05, 4.69) is 50.6 Å². The summed E-state index contributed by atoms with van der Waals surface area (Å²) in [6.07, 6.45) is 2.57. The Morgan fingerprint density at radius 3 is 2.61 bits per heavy atom. The third-order valence-corrected chi connectivity index (χ3v) is 3.60. The summed E-state index contributed by atoms with van der Waals surface area (Å²) in [6.45, 7) is 13.3. The van der Waals surface area contributed by atoms with Crippen LogP contribution in [0.1, 0.15) is 58.0 Å². The molecular formula is C15H25N3. The van der Waals surface area contributed by atoms with Crippen molar-refractivity contribution in [1.82, 2.24) is 9.97 Å². The first-order valence-electron chi connectivity index (χ1n) is 6.98. The summed E-state index contributed by atoms with van der Waals surface area (Å²) in [4.78, 5) is 11.7. The summed E-state index contributed by atoms with van der Waals surface area (Å²) in [5.41, 5.74) is 1.47. The number of aromatic nitrogens is 2. The van der Waals surface area contributed by atoms with Crippen molar-refractivity contribution in [2.45, 2.75) is 53.4 Å². The first-order chi connectivity index (χ1) is 8.37. The van der Waals surface area contributed by atoms with E-state index in [0.717, 1.165) is 30.4 Å². The van der Waals surface area contributed by atoms with E-state index in [9.17, 15) is 0 Å². The fourth-order valence-corrected chi connectivity index (χ4v) is 2.61. The molecule has 0 bridgehead atoms. The first-order valence-corrected chi connectivity index (χ1v) is 6.98. The quantitative estimate of drug-likeness (QED) is 0.800. The van der Waals surface area contributed by atoms with Crippen LogP contribution >= 0.6 is 0 Å². The van der Waals surface area contributed by atoms with E-state index in [0.29, 0.717) is 11.3 Å². The molecule has 100 valence electrons. The second-order valence-corrected chi connectivity index (χ2v) is 6.57. The predicted octanol–water partition coefficient (Wildman–Crippen LogP) is 3.53. The van der Waals surface area contributed by atoms with Crippen LogP contribution in [0.5, 0.6) is 0 Å². The van der Waals surface area contributed by atoms with Crippen LogP contribution in [-0.4, -0.2) is 23.1 Å². The average molecular weight is 247 g/mol. The maximum atomic E-state index is 4.74. The summed E-state index contributed by atoms with van der Waals surface area (Å²) >= 11 is 0. The molecule has 0 radical (unpaired) electrons. The monoisotopic (exact) mass is 247 g/mol. The second-order valence-electron chi connectivity index (χ2n) is 6.57. The van der Waals surface area contributed by atoms with Gasteiger partial charge in [0, 0.05) is 30.8 Å². The molecule has 0 aromatic carbocycles.